The van der Waals surface area contributed by atoms with Crippen molar-refractivity contribution in [1.29, 1.82) is 0 Å². The number of fused-ring (bicyclic) bond motifs is 1. The first kappa shape index (κ1) is 43.3. The van der Waals surface area contributed by atoms with Gasteiger partial charge in [-0.15, -0.1) is 0 Å². The van der Waals surface area contributed by atoms with Gasteiger partial charge < -0.3 is 29.3 Å². The van der Waals surface area contributed by atoms with Crippen molar-refractivity contribution in [2.75, 3.05) is 69.3 Å². The summed E-state index contributed by atoms with van der Waals surface area (Å²) in [6.07, 6.45) is 7.48. The highest BCUT2D eigenvalue weighted by Crippen LogP contribution is 2.36. The first-order valence-corrected chi connectivity index (χ1v) is 22.2. The number of carbonyl (C=O) groups is 4. The van der Waals surface area contributed by atoms with Gasteiger partial charge in [-0.05, 0) is 74.6 Å². The van der Waals surface area contributed by atoms with Crippen LogP contribution in [0.3, 0.4) is 0 Å². The zero-order valence-electron chi connectivity index (χ0n) is 35.5. The van der Waals surface area contributed by atoms with Gasteiger partial charge in [0.15, 0.2) is 11.3 Å². The van der Waals surface area contributed by atoms with E-state index in [1.54, 1.807) is 10.9 Å². The second-order valence-corrected chi connectivity index (χ2v) is 17.1. The summed E-state index contributed by atoms with van der Waals surface area (Å²) < 4.78 is 48.7. The van der Waals surface area contributed by atoms with Crippen molar-refractivity contribution in [3.63, 3.8) is 0 Å². The number of hydrogen-bond donors (Lipinski definition) is 2. The van der Waals surface area contributed by atoms with Crippen LogP contribution in [0.15, 0.2) is 48.9 Å². The van der Waals surface area contributed by atoms with E-state index in [0.717, 1.165) is 69.3 Å². The van der Waals surface area contributed by atoms with Crippen molar-refractivity contribution in [2.45, 2.75) is 88.5 Å². The van der Waals surface area contributed by atoms with E-state index >= 15 is 0 Å². The van der Waals surface area contributed by atoms with Crippen molar-refractivity contribution in [1.82, 2.24) is 39.5 Å². The van der Waals surface area contributed by atoms with Crippen molar-refractivity contribution in [3.8, 4) is 11.8 Å². The quantitative estimate of drug-likeness (QED) is 0.112. The molecular formula is C45H52F2N10O7. The Labute approximate surface area is 368 Å². The lowest BCUT2D eigenvalue weighted by Gasteiger charge is -2.36. The maximum Gasteiger partial charge on any atom is 0.411 e. The second-order valence-electron chi connectivity index (χ2n) is 17.1. The number of amides is 4. The summed E-state index contributed by atoms with van der Waals surface area (Å²) >= 11 is 0. The first-order chi connectivity index (χ1) is 31.1. The molecule has 17 nitrogen and oxygen atoms in total. The number of ether oxygens (including phenoxy) is 3. The Morgan fingerprint density at radius 3 is 2.52 bits per heavy atom. The number of halogens is 2. The van der Waals surface area contributed by atoms with Crippen LogP contribution in [-0.4, -0.2) is 129 Å². The van der Waals surface area contributed by atoms with Gasteiger partial charge in [0.1, 0.15) is 23.5 Å². The fourth-order valence-corrected chi connectivity index (χ4v) is 9.35. The molecule has 19 heteroatoms. The summed E-state index contributed by atoms with van der Waals surface area (Å²) in [4.78, 5) is 60.4. The monoisotopic (exact) mass is 882 g/mol. The predicted molar refractivity (Wildman–Crippen MR) is 228 cm³/mol. The van der Waals surface area contributed by atoms with Crippen LogP contribution in [0.1, 0.15) is 104 Å². The van der Waals surface area contributed by atoms with Crippen LogP contribution in [0.2, 0.25) is 0 Å². The summed E-state index contributed by atoms with van der Waals surface area (Å²) in [5, 5.41) is 13.5. The smallest absolute Gasteiger partial charge is 0.411 e. The van der Waals surface area contributed by atoms with Gasteiger partial charge in [-0.25, -0.2) is 23.1 Å². The molecule has 4 amide bonds. The molecule has 7 heterocycles. The minimum Gasteiger partial charge on any atom is -0.439 e. The number of imide groups is 1. The molecule has 5 aliphatic rings. The van der Waals surface area contributed by atoms with E-state index in [4.69, 9.17) is 14.2 Å². The minimum absolute atomic E-state index is 0.00689. The molecule has 0 radical (unpaired) electrons. The molecule has 338 valence electrons. The van der Waals surface area contributed by atoms with Gasteiger partial charge in [0.25, 0.3) is 12.3 Å². The molecule has 3 aromatic heterocycles. The van der Waals surface area contributed by atoms with E-state index in [9.17, 15) is 28.0 Å². The highest BCUT2D eigenvalue weighted by molar-refractivity contribution is 6.08. The lowest BCUT2D eigenvalue weighted by atomic mass is 9.85. The molecule has 64 heavy (non-hydrogen) atoms. The van der Waals surface area contributed by atoms with Gasteiger partial charge >= 0.3 is 6.09 Å². The number of aromatic nitrogens is 5. The van der Waals surface area contributed by atoms with E-state index in [1.165, 1.54) is 21.8 Å². The summed E-state index contributed by atoms with van der Waals surface area (Å²) in [6.45, 7) is 6.23. The third-order valence-corrected chi connectivity index (χ3v) is 12.9. The lowest BCUT2D eigenvalue weighted by Crippen LogP contribution is -2.52. The topological polar surface area (TPSA) is 178 Å². The van der Waals surface area contributed by atoms with Gasteiger partial charge in [0.2, 0.25) is 11.8 Å². The van der Waals surface area contributed by atoms with Crippen LogP contribution in [0.4, 0.5) is 25.1 Å². The molecule has 2 N–H and O–H groups in total. The third-order valence-electron chi connectivity index (χ3n) is 12.9. The molecule has 1 unspecified atom stereocenters. The highest BCUT2D eigenvalue weighted by atomic mass is 19.3. The molecule has 1 aromatic carbocycles. The molecule has 4 saturated heterocycles. The Morgan fingerprint density at radius 2 is 1.77 bits per heavy atom. The number of alkyl halides is 2. The summed E-state index contributed by atoms with van der Waals surface area (Å²) in [5.41, 5.74) is 1.72. The van der Waals surface area contributed by atoms with Crippen LogP contribution in [0.5, 0.6) is 0 Å². The van der Waals surface area contributed by atoms with Gasteiger partial charge in [-0.3, -0.25) is 29.3 Å². The predicted octanol–water partition coefficient (Wildman–Crippen LogP) is 4.90. The van der Waals surface area contributed by atoms with E-state index in [-0.39, 0.29) is 48.7 Å². The van der Waals surface area contributed by atoms with E-state index in [0.29, 0.717) is 56.7 Å². The van der Waals surface area contributed by atoms with Crippen molar-refractivity contribution < 1.29 is 42.2 Å². The molecular weight excluding hydrogens is 831 g/mol. The molecule has 4 aliphatic heterocycles. The normalized spacial score (nSPS) is 23.6. The maximum atomic E-state index is 14.2. The molecule has 4 aromatic rings. The Morgan fingerprint density at radius 1 is 0.984 bits per heavy atom. The van der Waals surface area contributed by atoms with Gasteiger partial charge in [-0.2, -0.15) is 10.2 Å². The SMILES string of the molecule is O=C1CCC(N2C[C@@H](c3ccc(C#CCCOC4CCN(CC5CCC(n6cc(NC(=O)c7cnn8ccc(N9CCOCC9)nc78)c(C(F)F)n6)CC5)CC4)cc3)OC2=O)C(=O)N1. The number of piperidine rings is 2. The standard InChI is InChI=1S/C45H52F2N10O7/c46-41(47)40-35(49-43(59)34-25-48-56-19-16-38(50-42(34)56)54-20-23-62-24-21-54)27-57(52-40)32-10-6-30(7-11-32)26-53-17-14-33(15-18-53)63-22-2-1-3-29-4-8-31(9-5-29)37-28-55(45(61)64-37)36-12-13-39(58)51-44(36)60/h4-5,8-9,16,19,25,27,30,32-33,36-37,41H,2,6-7,10-15,17-18,20-24,26,28H2,(H,49,59)(H,51,58,60)/t30?,32?,36?,37-/m0/s1. The van der Waals surface area contributed by atoms with Crippen LogP contribution in [-0.2, 0) is 23.8 Å². The molecule has 2 atom stereocenters. The molecule has 0 bridgehead atoms. The Hall–Kier alpha value is -5.97. The second kappa shape index (κ2) is 19.4. The Kier molecular flexibility index (Phi) is 13.1. The maximum absolute atomic E-state index is 14.2. The fourth-order valence-electron chi connectivity index (χ4n) is 9.35. The lowest BCUT2D eigenvalue weighted by molar-refractivity contribution is -0.136. The summed E-state index contributed by atoms with van der Waals surface area (Å²) in [6, 6.07) is 8.61. The number of benzene rings is 1. The molecule has 9 rings (SSSR count). The first-order valence-electron chi connectivity index (χ1n) is 22.2. The van der Waals surface area contributed by atoms with Crippen molar-refractivity contribution >= 4 is 41.0 Å². The molecule has 5 fully saturated rings. The number of nitrogens with one attached hydrogen (secondary N) is 2. The third kappa shape index (κ3) is 9.88. The number of nitrogens with zero attached hydrogens (tertiary/aromatic N) is 8. The number of carbonyl (C=O) groups excluding carboxylic acids is 4. The summed E-state index contributed by atoms with van der Waals surface area (Å²) in [5.74, 6) is 6.20. The highest BCUT2D eigenvalue weighted by Gasteiger charge is 2.42. The van der Waals surface area contributed by atoms with E-state index < -0.39 is 42.2 Å². The van der Waals surface area contributed by atoms with Crippen LogP contribution in [0.25, 0.3) is 5.65 Å². The Bertz CT molecular complexity index is 2390. The number of anilines is 2. The summed E-state index contributed by atoms with van der Waals surface area (Å²) in [7, 11) is 0. The number of hydrogen-bond acceptors (Lipinski definition) is 12. The number of rotatable bonds is 12. The van der Waals surface area contributed by atoms with Crippen LogP contribution >= 0.6 is 0 Å². The minimum atomic E-state index is -2.86. The van der Waals surface area contributed by atoms with Crippen LogP contribution in [0, 0.1) is 17.8 Å². The number of cyclic esters (lactones) is 1. The van der Waals surface area contributed by atoms with Crippen LogP contribution < -0.4 is 15.5 Å². The fraction of sp³-hybridized carbons (Fsp3) is 0.533. The number of morpholine rings is 1. The molecule has 0 spiro atoms. The Balaban J connectivity index is 0.685. The van der Waals surface area contributed by atoms with E-state index in [2.05, 4.69) is 47.5 Å². The van der Waals surface area contributed by atoms with E-state index in [1.807, 2.05) is 30.3 Å². The van der Waals surface area contributed by atoms with Gasteiger partial charge in [0.05, 0.1) is 50.4 Å². The molecule has 1 saturated carbocycles. The van der Waals surface area contributed by atoms with Crippen molar-refractivity contribution in [2.24, 2.45) is 5.92 Å². The molecule has 1 aliphatic carbocycles. The average Bonchev–Trinajstić information content (AvgIpc) is 4.04. The zero-order valence-corrected chi connectivity index (χ0v) is 35.5. The number of likely N-dealkylation sites (tertiary alicyclic amines) is 1. The largest absolute Gasteiger partial charge is 0.439 e. The zero-order chi connectivity index (χ0) is 44.2. The average molecular weight is 883 g/mol. The van der Waals surface area contributed by atoms with Crippen molar-refractivity contribution in [3.05, 3.63) is 71.3 Å². The van der Waals surface area contributed by atoms with Gasteiger partial charge in [0, 0.05) is 63.5 Å². The van der Waals surface area contributed by atoms with Gasteiger partial charge in [-0.1, -0.05) is 24.0 Å².